The molecule has 1 radical (unpaired) electrons. The summed E-state index contributed by atoms with van der Waals surface area (Å²) in [6.45, 7) is 3.89. The SMILES string of the molecule is Cc1[c]nccc1N1CCNCC1=O. The Labute approximate surface area is 82.9 Å². The number of nitrogens with zero attached hydrogens (tertiary/aromatic N) is 2. The summed E-state index contributed by atoms with van der Waals surface area (Å²) in [5.74, 6) is 0.110. The molecule has 1 aliphatic rings. The minimum atomic E-state index is 0.110. The summed E-state index contributed by atoms with van der Waals surface area (Å²) in [4.78, 5) is 17.2. The van der Waals surface area contributed by atoms with E-state index in [-0.39, 0.29) is 5.91 Å². The van der Waals surface area contributed by atoms with Crippen LogP contribution in [0, 0.1) is 13.1 Å². The molecule has 0 atom stereocenters. The van der Waals surface area contributed by atoms with Crippen molar-refractivity contribution in [2.24, 2.45) is 0 Å². The van der Waals surface area contributed by atoms with Gasteiger partial charge in [-0.15, -0.1) is 0 Å². The quantitative estimate of drug-likeness (QED) is 0.684. The molecule has 0 spiro atoms. The summed E-state index contributed by atoms with van der Waals surface area (Å²) in [6.07, 6.45) is 4.52. The van der Waals surface area contributed by atoms with Gasteiger partial charge in [-0.25, -0.2) is 0 Å². The van der Waals surface area contributed by atoms with Crippen LogP contribution in [0.3, 0.4) is 0 Å². The first kappa shape index (κ1) is 9.15. The minimum Gasteiger partial charge on any atom is -0.310 e. The number of amides is 1. The number of aromatic nitrogens is 1. The maximum atomic E-state index is 11.6. The zero-order valence-corrected chi connectivity index (χ0v) is 8.08. The van der Waals surface area contributed by atoms with Gasteiger partial charge in [0.05, 0.1) is 18.4 Å². The molecule has 73 valence electrons. The summed E-state index contributed by atoms with van der Waals surface area (Å²) in [5, 5.41) is 3.04. The van der Waals surface area contributed by atoms with Crippen LogP contribution < -0.4 is 10.2 Å². The third-order valence-electron chi connectivity index (χ3n) is 2.30. The molecule has 0 unspecified atom stereocenters. The van der Waals surface area contributed by atoms with E-state index in [4.69, 9.17) is 0 Å². The van der Waals surface area contributed by atoms with Crippen LogP contribution in [0.4, 0.5) is 5.69 Å². The van der Waals surface area contributed by atoms with Gasteiger partial charge in [0, 0.05) is 24.8 Å². The number of carbonyl (C=O) groups excluding carboxylic acids is 1. The van der Waals surface area contributed by atoms with Crippen LogP contribution in [0.5, 0.6) is 0 Å². The molecule has 2 heterocycles. The fourth-order valence-electron chi connectivity index (χ4n) is 1.58. The first-order valence-electron chi connectivity index (χ1n) is 4.63. The third-order valence-corrected chi connectivity index (χ3v) is 2.30. The monoisotopic (exact) mass is 190 g/mol. The Bertz CT molecular complexity index is 351. The molecule has 0 saturated carbocycles. The van der Waals surface area contributed by atoms with E-state index in [9.17, 15) is 4.79 Å². The minimum absolute atomic E-state index is 0.110. The fourth-order valence-corrected chi connectivity index (χ4v) is 1.58. The van der Waals surface area contributed by atoms with Gasteiger partial charge in [-0.05, 0) is 13.0 Å². The Kier molecular flexibility index (Phi) is 2.45. The van der Waals surface area contributed by atoms with Gasteiger partial charge in [0.1, 0.15) is 0 Å². The lowest BCUT2D eigenvalue weighted by molar-refractivity contribution is -0.118. The Morgan fingerprint density at radius 3 is 3.21 bits per heavy atom. The molecular weight excluding hydrogens is 178 g/mol. The Morgan fingerprint density at radius 2 is 2.50 bits per heavy atom. The summed E-state index contributed by atoms with van der Waals surface area (Å²) < 4.78 is 0. The van der Waals surface area contributed by atoms with Crippen molar-refractivity contribution < 1.29 is 4.79 Å². The van der Waals surface area contributed by atoms with Crippen LogP contribution in [0.1, 0.15) is 5.56 Å². The standard InChI is InChI=1S/C10H12N3O/c1-8-6-11-3-2-9(8)13-5-4-12-7-10(13)14/h2-3,12H,4-5,7H2,1H3. The van der Waals surface area contributed by atoms with E-state index in [1.807, 2.05) is 13.0 Å². The molecule has 0 bridgehead atoms. The molecule has 1 amide bonds. The van der Waals surface area contributed by atoms with Crippen molar-refractivity contribution in [3.8, 4) is 0 Å². The molecule has 1 N–H and O–H groups in total. The molecule has 14 heavy (non-hydrogen) atoms. The van der Waals surface area contributed by atoms with Crippen LogP contribution >= 0.6 is 0 Å². The van der Waals surface area contributed by atoms with Gasteiger partial charge >= 0.3 is 0 Å². The van der Waals surface area contributed by atoms with E-state index in [1.165, 1.54) is 0 Å². The molecule has 1 saturated heterocycles. The summed E-state index contributed by atoms with van der Waals surface area (Å²) >= 11 is 0. The van der Waals surface area contributed by atoms with Crippen LogP contribution in [0.2, 0.25) is 0 Å². The normalized spacial score (nSPS) is 17.2. The smallest absolute Gasteiger partial charge is 0.240 e. The van der Waals surface area contributed by atoms with E-state index >= 15 is 0 Å². The predicted octanol–water partition coefficient (Wildman–Crippen LogP) is 0.126. The number of pyridine rings is 1. The highest BCUT2D eigenvalue weighted by molar-refractivity contribution is 5.96. The zero-order chi connectivity index (χ0) is 9.97. The third kappa shape index (κ3) is 1.61. The number of aryl methyl sites for hydroxylation is 1. The van der Waals surface area contributed by atoms with Gasteiger partial charge in [-0.2, -0.15) is 0 Å². The van der Waals surface area contributed by atoms with Gasteiger partial charge in [0.25, 0.3) is 0 Å². The lowest BCUT2D eigenvalue weighted by Crippen LogP contribution is -2.48. The number of piperazine rings is 1. The van der Waals surface area contributed by atoms with Crippen molar-refractivity contribution in [3.05, 3.63) is 24.0 Å². The maximum absolute atomic E-state index is 11.6. The van der Waals surface area contributed by atoms with Crippen LogP contribution in [0.15, 0.2) is 12.3 Å². The van der Waals surface area contributed by atoms with E-state index in [1.54, 1.807) is 11.1 Å². The number of rotatable bonds is 1. The van der Waals surface area contributed by atoms with E-state index in [2.05, 4.69) is 16.5 Å². The highest BCUT2D eigenvalue weighted by Crippen LogP contribution is 2.18. The molecular formula is C10H12N3O. The molecule has 1 aromatic rings. The molecule has 0 aromatic carbocycles. The molecule has 4 heteroatoms. The average molecular weight is 190 g/mol. The number of anilines is 1. The van der Waals surface area contributed by atoms with E-state index in [0.29, 0.717) is 6.54 Å². The molecule has 1 aliphatic heterocycles. The molecule has 1 aromatic heterocycles. The number of hydrogen-bond donors (Lipinski definition) is 1. The highest BCUT2D eigenvalue weighted by Gasteiger charge is 2.20. The van der Waals surface area contributed by atoms with Crippen LogP contribution in [0.25, 0.3) is 0 Å². The Balaban J connectivity index is 2.29. The lowest BCUT2D eigenvalue weighted by Gasteiger charge is -2.28. The fraction of sp³-hybridized carbons (Fsp3) is 0.400. The Hall–Kier alpha value is -1.42. The van der Waals surface area contributed by atoms with E-state index in [0.717, 1.165) is 24.3 Å². The summed E-state index contributed by atoms with van der Waals surface area (Å²) in [5.41, 5.74) is 1.84. The zero-order valence-electron chi connectivity index (χ0n) is 8.08. The first-order chi connectivity index (χ1) is 6.79. The lowest BCUT2D eigenvalue weighted by atomic mass is 10.2. The average Bonchev–Trinajstić information content (AvgIpc) is 2.20. The molecule has 1 fully saturated rings. The largest absolute Gasteiger partial charge is 0.310 e. The highest BCUT2D eigenvalue weighted by atomic mass is 16.2. The van der Waals surface area contributed by atoms with Crippen LogP contribution in [-0.4, -0.2) is 30.5 Å². The second-order valence-corrected chi connectivity index (χ2v) is 3.29. The second-order valence-electron chi connectivity index (χ2n) is 3.29. The van der Waals surface area contributed by atoms with Gasteiger partial charge < -0.3 is 10.2 Å². The topological polar surface area (TPSA) is 45.2 Å². The molecule has 2 rings (SSSR count). The van der Waals surface area contributed by atoms with Gasteiger partial charge in [-0.3, -0.25) is 9.78 Å². The summed E-state index contributed by atoms with van der Waals surface area (Å²) in [6, 6.07) is 1.86. The molecule has 0 aliphatic carbocycles. The van der Waals surface area contributed by atoms with Crippen molar-refractivity contribution in [1.29, 1.82) is 0 Å². The Morgan fingerprint density at radius 1 is 1.64 bits per heavy atom. The molecule has 4 nitrogen and oxygen atoms in total. The van der Waals surface area contributed by atoms with Crippen LogP contribution in [-0.2, 0) is 4.79 Å². The van der Waals surface area contributed by atoms with Gasteiger partial charge in [-0.1, -0.05) is 0 Å². The van der Waals surface area contributed by atoms with Gasteiger partial charge in [0.2, 0.25) is 5.91 Å². The first-order valence-corrected chi connectivity index (χ1v) is 4.63. The van der Waals surface area contributed by atoms with Crippen molar-refractivity contribution in [2.45, 2.75) is 6.92 Å². The second kappa shape index (κ2) is 3.75. The van der Waals surface area contributed by atoms with Crippen molar-refractivity contribution in [3.63, 3.8) is 0 Å². The van der Waals surface area contributed by atoms with Crippen molar-refractivity contribution >= 4 is 11.6 Å². The van der Waals surface area contributed by atoms with E-state index < -0.39 is 0 Å². The van der Waals surface area contributed by atoms with Crippen molar-refractivity contribution in [2.75, 3.05) is 24.5 Å². The number of carbonyl (C=O) groups is 1. The number of nitrogens with one attached hydrogen (secondary N) is 1. The van der Waals surface area contributed by atoms with Crippen molar-refractivity contribution in [1.82, 2.24) is 10.3 Å². The number of hydrogen-bond acceptors (Lipinski definition) is 3. The summed E-state index contributed by atoms with van der Waals surface area (Å²) in [7, 11) is 0. The van der Waals surface area contributed by atoms with Gasteiger partial charge in [0.15, 0.2) is 0 Å². The predicted molar refractivity (Wildman–Crippen MR) is 53.0 cm³/mol. The maximum Gasteiger partial charge on any atom is 0.240 e.